The highest BCUT2D eigenvalue weighted by Crippen LogP contribution is 2.09. The summed E-state index contributed by atoms with van der Waals surface area (Å²) >= 11 is 0. The summed E-state index contributed by atoms with van der Waals surface area (Å²) in [5.41, 5.74) is 0.852. The number of carboxylic acids is 1. The Hall–Kier alpha value is -2.51. The van der Waals surface area contributed by atoms with Gasteiger partial charge >= 0.3 is 5.97 Å². The van der Waals surface area contributed by atoms with Gasteiger partial charge in [0.25, 0.3) is 11.7 Å². The van der Waals surface area contributed by atoms with Gasteiger partial charge in [-0.25, -0.2) is 14.3 Å². The third-order valence-corrected chi connectivity index (χ3v) is 3.24. The summed E-state index contributed by atoms with van der Waals surface area (Å²) in [4.78, 5) is 31.3. The van der Waals surface area contributed by atoms with Gasteiger partial charge in [-0.05, 0) is 13.3 Å². The van der Waals surface area contributed by atoms with Crippen molar-refractivity contribution in [2.24, 2.45) is 0 Å². The molecule has 2 aromatic heterocycles. The number of nitrogens with zero attached hydrogens (tertiary/aromatic N) is 4. The van der Waals surface area contributed by atoms with E-state index in [0.29, 0.717) is 17.9 Å². The maximum atomic E-state index is 12.2. The molecule has 0 spiro atoms. The molecule has 1 atom stereocenters. The van der Waals surface area contributed by atoms with Crippen molar-refractivity contribution in [3.63, 3.8) is 0 Å². The SMILES string of the molecule is CCCCC(NC(=O)c1cnc2ncnn2c1C)C(=O)O. The number of carbonyl (C=O) groups excluding carboxylic acids is 1. The Morgan fingerprint density at radius 3 is 2.86 bits per heavy atom. The van der Waals surface area contributed by atoms with E-state index in [2.05, 4.69) is 20.4 Å². The maximum absolute atomic E-state index is 12.2. The van der Waals surface area contributed by atoms with E-state index in [9.17, 15) is 9.59 Å². The molecule has 0 aromatic carbocycles. The van der Waals surface area contributed by atoms with Crippen LogP contribution in [0.3, 0.4) is 0 Å². The number of hydrogen-bond donors (Lipinski definition) is 2. The molecule has 0 radical (unpaired) electrons. The third-order valence-electron chi connectivity index (χ3n) is 3.24. The molecule has 2 aromatic rings. The number of rotatable bonds is 6. The zero-order chi connectivity index (χ0) is 15.4. The van der Waals surface area contributed by atoms with Crippen LogP contribution in [0.1, 0.15) is 42.2 Å². The van der Waals surface area contributed by atoms with Crippen LogP contribution in [0.5, 0.6) is 0 Å². The molecule has 1 amide bonds. The lowest BCUT2D eigenvalue weighted by Crippen LogP contribution is -2.41. The number of aromatic nitrogens is 4. The van der Waals surface area contributed by atoms with Crippen molar-refractivity contribution < 1.29 is 14.7 Å². The first kappa shape index (κ1) is 14.9. The summed E-state index contributed by atoms with van der Waals surface area (Å²) in [6.45, 7) is 3.67. The lowest BCUT2D eigenvalue weighted by Gasteiger charge is -2.15. The Bertz CT molecular complexity index is 667. The summed E-state index contributed by atoms with van der Waals surface area (Å²) in [5, 5.41) is 15.6. The molecule has 0 aliphatic carbocycles. The van der Waals surface area contributed by atoms with Crippen LogP contribution in [0.2, 0.25) is 0 Å². The van der Waals surface area contributed by atoms with Gasteiger partial charge in [-0.3, -0.25) is 4.79 Å². The molecule has 2 N–H and O–H groups in total. The maximum Gasteiger partial charge on any atom is 0.326 e. The van der Waals surface area contributed by atoms with Crippen LogP contribution < -0.4 is 5.32 Å². The number of aryl methyl sites for hydroxylation is 1. The van der Waals surface area contributed by atoms with Crippen molar-refractivity contribution in [1.29, 1.82) is 0 Å². The fourth-order valence-corrected chi connectivity index (χ4v) is 2.01. The number of amides is 1. The first-order chi connectivity index (χ1) is 10.0. The molecule has 21 heavy (non-hydrogen) atoms. The van der Waals surface area contributed by atoms with Crippen LogP contribution in [-0.2, 0) is 4.79 Å². The minimum absolute atomic E-state index is 0.288. The van der Waals surface area contributed by atoms with Gasteiger partial charge in [0.05, 0.1) is 11.3 Å². The van der Waals surface area contributed by atoms with Crippen molar-refractivity contribution >= 4 is 17.7 Å². The zero-order valence-corrected chi connectivity index (χ0v) is 11.9. The molecule has 0 fully saturated rings. The van der Waals surface area contributed by atoms with E-state index < -0.39 is 17.9 Å². The van der Waals surface area contributed by atoms with Gasteiger partial charge in [-0.1, -0.05) is 19.8 Å². The Morgan fingerprint density at radius 1 is 1.43 bits per heavy atom. The molecule has 2 rings (SSSR count). The third kappa shape index (κ3) is 3.15. The molecule has 0 aliphatic rings. The molecule has 0 bridgehead atoms. The van der Waals surface area contributed by atoms with Crippen molar-refractivity contribution in [3.05, 3.63) is 23.8 Å². The number of carbonyl (C=O) groups is 2. The average Bonchev–Trinajstić information content (AvgIpc) is 2.92. The fraction of sp³-hybridized carbons (Fsp3) is 0.462. The monoisotopic (exact) mass is 291 g/mol. The molecule has 0 saturated carbocycles. The van der Waals surface area contributed by atoms with Crippen molar-refractivity contribution in [2.45, 2.75) is 39.2 Å². The van der Waals surface area contributed by atoms with Gasteiger partial charge in [0.2, 0.25) is 0 Å². The second-order valence-electron chi connectivity index (χ2n) is 4.74. The predicted octanol–water partition coefficient (Wildman–Crippen LogP) is 0.806. The van der Waals surface area contributed by atoms with Crippen molar-refractivity contribution in [1.82, 2.24) is 24.9 Å². The molecular weight excluding hydrogens is 274 g/mol. The van der Waals surface area contributed by atoms with Crippen LogP contribution in [-0.4, -0.2) is 42.6 Å². The molecule has 112 valence electrons. The summed E-state index contributed by atoms with van der Waals surface area (Å²) in [6, 6.07) is -0.900. The molecule has 1 unspecified atom stereocenters. The van der Waals surface area contributed by atoms with E-state index in [-0.39, 0.29) is 5.56 Å². The highest BCUT2D eigenvalue weighted by Gasteiger charge is 2.22. The average molecular weight is 291 g/mol. The lowest BCUT2D eigenvalue weighted by molar-refractivity contribution is -0.139. The Balaban J connectivity index is 2.20. The summed E-state index contributed by atoms with van der Waals surface area (Å²) in [7, 11) is 0. The lowest BCUT2D eigenvalue weighted by atomic mass is 10.1. The Morgan fingerprint density at radius 2 is 2.19 bits per heavy atom. The molecular formula is C13H17N5O3. The van der Waals surface area contributed by atoms with Crippen LogP contribution in [0, 0.1) is 6.92 Å². The van der Waals surface area contributed by atoms with Crippen molar-refractivity contribution in [3.8, 4) is 0 Å². The highest BCUT2D eigenvalue weighted by atomic mass is 16.4. The fourth-order valence-electron chi connectivity index (χ4n) is 2.01. The van der Waals surface area contributed by atoms with Crippen LogP contribution >= 0.6 is 0 Å². The molecule has 0 aliphatic heterocycles. The van der Waals surface area contributed by atoms with Crippen LogP contribution in [0.4, 0.5) is 0 Å². The van der Waals surface area contributed by atoms with E-state index >= 15 is 0 Å². The minimum atomic E-state index is -1.04. The summed E-state index contributed by atoms with van der Waals surface area (Å²) in [6.07, 6.45) is 4.73. The topological polar surface area (TPSA) is 109 Å². The van der Waals surface area contributed by atoms with E-state index in [1.807, 2.05) is 6.92 Å². The number of aliphatic carboxylic acids is 1. The minimum Gasteiger partial charge on any atom is -0.480 e. The Labute approximate surface area is 121 Å². The molecule has 8 heteroatoms. The molecule has 2 heterocycles. The smallest absolute Gasteiger partial charge is 0.326 e. The van der Waals surface area contributed by atoms with Crippen LogP contribution in [0.25, 0.3) is 5.78 Å². The van der Waals surface area contributed by atoms with Crippen molar-refractivity contribution in [2.75, 3.05) is 0 Å². The Kier molecular flexibility index (Phi) is 4.46. The number of nitrogens with one attached hydrogen (secondary N) is 1. The first-order valence-corrected chi connectivity index (χ1v) is 6.73. The van der Waals surface area contributed by atoms with Gasteiger partial charge in [0, 0.05) is 6.20 Å². The van der Waals surface area contributed by atoms with Gasteiger partial charge in [-0.15, -0.1) is 0 Å². The molecule has 8 nitrogen and oxygen atoms in total. The first-order valence-electron chi connectivity index (χ1n) is 6.73. The normalized spacial score (nSPS) is 12.3. The highest BCUT2D eigenvalue weighted by molar-refractivity contribution is 5.97. The van der Waals surface area contributed by atoms with E-state index in [4.69, 9.17) is 5.11 Å². The van der Waals surface area contributed by atoms with E-state index in [1.165, 1.54) is 17.0 Å². The standard InChI is InChI=1S/C13H17N5O3/c1-3-4-5-10(12(20)21)17-11(19)9-6-14-13-15-7-16-18(13)8(9)2/h6-7,10H,3-5H2,1-2H3,(H,17,19)(H,20,21). The second kappa shape index (κ2) is 6.29. The van der Waals surface area contributed by atoms with E-state index in [0.717, 1.165) is 12.8 Å². The van der Waals surface area contributed by atoms with Gasteiger partial charge in [0.1, 0.15) is 12.4 Å². The summed E-state index contributed by atoms with van der Waals surface area (Å²) in [5.74, 6) is -1.12. The quantitative estimate of drug-likeness (QED) is 0.815. The van der Waals surface area contributed by atoms with Gasteiger partial charge < -0.3 is 10.4 Å². The molecule has 0 saturated heterocycles. The number of fused-ring (bicyclic) bond motifs is 1. The number of hydrogen-bond acceptors (Lipinski definition) is 5. The predicted molar refractivity (Wildman–Crippen MR) is 73.9 cm³/mol. The van der Waals surface area contributed by atoms with Gasteiger partial charge in [0.15, 0.2) is 0 Å². The zero-order valence-electron chi connectivity index (χ0n) is 11.9. The second-order valence-corrected chi connectivity index (χ2v) is 4.74. The van der Waals surface area contributed by atoms with Crippen LogP contribution in [0.15, 0.2) is 12.5 Å². The van der Waals surface area contributed by atoms with E-state index in [1.54, 1.807) is 6.92 Å². The number of carboxylic acid groups (broad SMARTS) is 1. The number of unbranched alkanes of at least 4 members (excludes halogenated alkanes) is 1. The van der Waals surface area contributed by atoms with Gasteiger partial charge in [-0.2, -0.15) is 10.1 Å². The summed E-state index contributed by atoms with van der Waals surface area (Å²) < 4.78 is 1.44. The largest absolute Gasteiger partial charge is 0.480 e.